The second-order valence-electron chi connectivity index (χ2n) is 8.67. The van der Waals surface area contributed by atoms with E-state index in [2.05, 4.69) is 43.5 Å². The summed E-state index contributed by atoms with van der Waals surface area (Å²) >= 11 is 4.00. The number of carboxylic acids is 1. The van der Waals surface area contributed by atoms with Crippen LogP contribution in [0.4, 0.5) is 0 Å². The van der Waals surface area contributed by atoms with Gasteiger partial charge in [-0.2, -0.15) is 12.6 Å². The van der Waals surface area contributed by atoms with Gasteiger partial charge in [-0.1, -0.05) is 13.8 Å². The number of guanidine groups is 1. The van der Waals surface area contributed by atoms with Crippen molar-refractivity contribution in [1.29, 1.82) is 0 Å². The highest BCUT2D eigenvalue weighted by Gasteiger charge is 2.30. The molecule has 0 saturated heterocycles. The summed E-state index contributed by atoms with van der Waals surface area (Å²) in [6, 6.07) is -4.29. The zero-order valence-corrected chi connectivity index (χ0v) is 21.3. The molecule has 1 heterocycles. The molecule has 1 aromatic heterocycles. The van der Waals surface area contributed by atoms with E-state index in [1.54, 1.807) is 0 Å². The molecule has 0 aliphatic rings. The number of imidazole rings is 1. The quantitative estimate of drug-likeness (QED) is 0.0491. The lowest BCUT2D eigenvalue weighted by Gasteiger charge is -2.25. The van der Waals surface area contributed by atoms with Crippen LogP contribution in [0.25, 0.3) is 0 Å². The standard InChI is InChI=1S/C21H37N9O5S/c1-11(2)6-16(20(34)35)30-19(33)15(7-12-8-25-10-27-12)29-18(32)14(4-3-5-26-21(23)24)28-17(31)13(22)9-36/h8,10-11,13-16,36H,3-7,9,22H2,1-2H3,(H,25,27)(H,28,31)(H,29,32)(H,30,33)(H,34,35)(H4,23,24,26). The van der Waals surface area contributed by atoms with Gasteiger partial charge in [0.1, 0.15) is 18.1 Å². The Morgan fingerprint density at radius 2 is 1.69 bits per heavy atom. The van der Waals surface area contributed by atoms with E-state index in [1.807, 2.05) is 13.8 Å². The summed E-state index contributed by atoms with van der Waals surface area (Å²) in [6.07, 6.45) is 3.61. The first kappa shape index (κ1) is 30.7. The van der Waals surface area contributed by atoms with Crippen LogP contribution >= 0.6 is 12.6 Å². The molecular weight excluding hydrogens is 490 g/mol. The van der Waals surface area contributed by atoms with E-state index < -0.39 is 47.9 Å². The van der Waals surface area contributed by atoms with Crippen LogP contribution in [-0.2, 0) is 25.6 Å². The molecule has 0 bridgehead atoms. The smallest absolute Gasteiger partial charge is 0.326 e. The van der Waals surface area contributed by atoms with E-state index in [1.165, 1.54) is 12.5 Å². The maximum atomic E-state index is 13.2. The van der Waals surface area contributed by atoms with Crippen molar-refractivity contribution in [3.63, 3.8) is 0 Å². The number of hydrogen-bond donors (Lipinski definition) is 9. The molecule has 0 radical (unpaired) electrons. The summed E-state index contributed by atoms with van der Waals surface area (Å²) in [5, 5.41) is 17.2. The summed E-state index contributed by atoms with van der Waals surface area (Å²) in [7, 11) is 0. The monoisotopic (exact) mass is 527 g/mol. The van der Waals surface area contributed by atoms with E-state index in [4.69, 9.17) is 17.2 Å². The summed E-state index contributed by atoms with van der Waals surface area (Å²) in [6.45, 7) is 3.88. The molecule has 0 aliphatic heterocycles. The number of aliphatic imine (C=N–C) groups is 1. The van der Waals surface area contributed by atoms with Crippen molar-refractivity contribution in [1.82, 2.24) is 25.9 Å². The minimum absolute atomic E-state index is 0.00731. The highest BCUT2D eigenvalue weighted by Crippen LogP contribution is 2.08. The summed E-state index contributed by atoms with van der Waals surface area (Å²) in [4.78, 5) is 60.8. The summed E-state index contributed by atoms with van der Waals surface area (Å²) < 4.78 is 0. The Bertz CT molecular complexity index is 890. The molecular formula is C21H37N9O5S. The lowest BCUT2D eigenvalue weighted by Crippen LogP contribution is -2.58. The lowest BCUT2D eigenvalue weighted by atomic mass is 10.0. The molecule has 0 saturated carbocycles. The van der Waals surface area contributed by atoms with E-state index in [9.17, 15) is 24.3 Å². The van der Waals surface area contributed by atoms with Crippen LogP contribution in [0, 0.1) is 5.92 Å². The number of nitrogens with zero attached hydrogens (tertiary/aromatic N) is 2. The number of carbonyl (C=O) groups excluding carboxylic acids is 3. The van der Waals surface area contributed by atoms with Crippen LogP contribution in [0.5, 0.6) is 0 Å². The number of aromatic amines is 1. The van der Waals surface area contributed by atoms with Crippen molar-refractivity contribution < 1.29 is 24.3 Å². The number of nitrogens with one attached hydrogen (secondary N) is 4. The molecule has 1 rings (SSSR count). The fourth-order valence-corrected chi connectivity index (χ4v) is 3.36. The molecule has 4 unspecified atom stereocenters. The van der Waals surface area contributed by atoms with Crippen molar-refractivity contribution in [2.75, 3.05) is 12.3 Å². The fraction of sp³-hybridized carbons (Fsp3) is 0.619. The van der Waals surface area contributed by atoms with Gasteiger partial charge in [0.15, 0.2) is 5.96 Å². The molecule has 1 aromatic rings. The molecule has 4 atom stereocenters. The maximum absolute atomic E-state index is 13.2. The van der Waals surface area contributed by atoms with Crippen LogP contribution < -0.4 is 33.2 Å². The second-order valence-corrected chi connectivity index (χ2v) is 9.04. The van der Waals surface area contributed by atoms with Gasteiger partial charge in [0.2, 0.25) is 17.7 Å². The van der Waals surface area contributed by atoms with Gasteiger partial charge in [-0.05, 0) is 25.2 Å². The van der Waals surface area contributed by atoms with Crippen LogP contribution in [0.1, 0.15) is 38.8 Å². The Morgan fingerprint density at radius 3 is 2.22 bits per heavy atom. The van der Waals surface area contributed by atoms with Crippen LogP contribution in [-0.4, -0.2) is 81.2 Å². The lowest BCUT2D eigenvalue weighted by molar-refractivity contribution is -0.142. The third kappa shape index (κ3) is 11.4. The average molecular weight is 528 g/mol. The highest BCUT2D eigenvalue weighted by atomic mass is 32.1. The minimum Gasteiger partial charge on any atom is -0.480 e. The zero-order valence-electron chi connectivity index (χ0n) is 20.4. The predicted octanol–water partition coefficient (Wildman–Crippen LogP) is -2.15. The number of hydrogen-bond acceptors (Lipinski definition) is 8. The topological polar surface area (TPSA) is 244 Å². The molecule has 0 aliphatic carbocycles. The number of carbonyl (C=O) groups is 4. The van der Waals surface area contributed by atoms with Crippen LogP contribution in [0.3, 0.4) is 0 Å². The highest BCUT2D eigenvalue weighted by molar-refractivity contribution is 7.80. The molecule has 14 nitrogen and oxygen atoms in total. The number of rotatable bonds is 16. The van der Waals surface area contributed by atoms with Crippen LogP contribution in [0.15, 0.2) is 17.5 Å². The normalized spacial score (nSPS) is 14.2. The number of H-pyrrole nitrogens is 1. The van der Waals surface area contributed by atoms with E-state index in [-0.39, 0.29) is 43.4 Å². The number of nitrogens with two attached hydrogens (primary N) is 3. The number of aliphatic carboxylic acids is 1. The van der Waals surface area contributed by atoms with Gasteiger partial charge < -0.3 is 43.2 Å². The van der Waals surface area contributed by atoms with Gasteiger partial charge >= 0.3 is 5.97 Å². The second kappa shape index (κ2) is 15.6. The van der Waals surface area contributed by atoms with Gasteiger partial charge in [0.05, 0.1) is 12.4 Å². The van der Waals surface area contributed by atoms with Gasteiger partial charge in [0.25, 0.3) is 0 Å². The Hall–Kier alpha value is -3.33. The maximum Gasteiger partial charge on any atom is 0.326 e. The first-order valence-electron chi connectivity index (χ1n) is 11.5. The van der Waals surface area contributed by atoms with Gasteiger partial charge in [-0.3, -0.25) is 19.4 Å². The zero-order chi connectivity index (χ0) is 27.3. The van der Waals surface area contributed by atoms with Crippen molar-refractivity contribution >= 4 is 42.3 Å². The van der Waals surface area contributed by atoms with Gasteiger partial charge in [0, 0.05) is 30.6 Å². The number of amides is 3. The molecule has 0 aromatic carbocycles. The third-order valence-electron chi connectivity index (χ3n) is 5.05. The first-order valence-corrected chi connectivity index (χ1v) is 12.1. The molecule has 15 heteroatoms. The number of carboxylic acid groups (broad SMARTS) is 1. The minimum atomic E-state index is -1.19. The number of aromatic nitrogens is 2. The van der Waals surface area contributed by atoms with Crippen molar-refractivity contribution in [3.8, 4) is 0 Å². The van der Waals surface area contributed by atoms with E-state index in [0.717, 1.165) is 0 Å². The Kier molecular flexibility index (Phi) is 13.3. The molecule has 36 heavy (non-hydrogen) atoms. The molecule has 11 N–H and O–H groups in total. The summed E-state index contributed by atoms with van der Waals surface area (Å²) in [5.74, 6) is -3.17. The Labute approximate surface area is 215 Å². The third-order valence-corrected chi connectivity index (χ3v) is 5.44. The van der Waals surface area contributed by atoms with Crippen molar-refractivity contribution in [2.24, 2.45) is 28.1 Å². The Balaban J connectivity index is 3.07. The fourth-order valence-electron chi connectivity index (χ4n) is 3.20. The van der Waals surface area contributed by atoms with Gasteiger partial charge in [-0.15, -0.1) is 0 Å². The van der Waals surface area contributed by atoms with Gasteiger partial charge in [-0.25, -0.2) is 9.78 Å². The molecule has 202 valence electrons. The Morgan fingerprint density at radius 1 is 1.08 bits per heavy atom. The molecule has 3 amide bonds. The predicted molar refractivity (Wildman–Crippen MR) is 137 cm³/mol. The molecule has 0 spiro atoms. The first-order chi connectivity index (χ1) is 16.9. The van der Waals surface area contributed by atoms with Crippen molar-refractivity contribution in [2.45, 2.75) is 63.7 Å². The average Bonchev–Trinajstić information content (AvgIpc) is 3.31. The largest absolute Gasteiger partial charge is 0.480 e. The van der Waals surface area contributed by atoms with Crippen LogP contribution in [0.2, 0.25) is 0 Å². The SMILES string of the molecule is CC(C)CC(NC(=O)C(Cc1cnc[nH]1)NC(=O)C(CCCN=C(N)N)NC(=O)C(N)CS)C(=O)O. The van der Waals surface area contributed by atoms with E-state index in [0.29, 0.717) is 12.1 Å². The van der Waals surface area contributed by atoms with Crippen molar-refractivity contribution in [3.05, 3.63) is 18.2 Å². The number of thiol groups is 1. The molecule has 0 fully saturated rings. The summed E-state index contributed by atoms with van der Waals surface area (Å²) in [5.41, 5.74) is 16.9. The van der Waals surface area contributed by atoms with E-state index >= 15 is 0 Å².